The van der Waals surface area contributed by atoms with Crippen LogP contribution in [-0.2, 0) is 32.5 Å². The summed E-state index contributed by atoms with van der Waals surface area (Å²) in [5.41, 5.74) is 3.90. The number of para-hydroxylation sites is 1. The lowest BCUT2D eigenvalue weighted by molar-refractivity contribution is -0.118. The first-order valence-electron chi connectivity index (χ1n) is 11.6. The van der Waals surface area contributed by atoms with Crippen LogP contribution in [0.2, 0.25) is 0 Å². The molecule has 0 fully saturated rings. The summed E-state index contributed by atoms with van der Waals surface area (Å²) in [4.78, 5) is 27.2. The molecule has 0 saturated heterocycles. The Balaban J connectivity index is 1.60. The van der Waals surface area contributed by atoms with Gasteiger partial charge in [-0.25, -0.2) is 8.42 Å². The van der Waals surface area contributed by atoms with Gasteiger partial charge in [0.25, 0.3) is 0 Å². The van der Waals surface area contributed by atoms with Crippen molar-refractivity contribution >= 4 is 33.2 Å². The second-order valence-electron chi connectivity index (χ2n) is 8.61. The summed E-state index contributed by atoms with van der Waals surface area (Å²) in [5, 5.41) is 2.86. The molecular formula is C27H29N3O4S. The SMILES string of the molecule is CCC(=O)N1CCc2cc(S(=O)(=O)N[C@@H](Cc3ccccc3)C(=O)Nc3ccccc3C)ccc21. The topological polar surface area (TPSA) is 95.6 Å². The van der Waals surface area contributed by atoms with E-state index in [0.717, 1.165) is 22.4 Å². The molecule has 1 atom stereocenters. The molecule has 0 unspecified atom stereocenters. The van der Waals surface area contributed by atoms with Gasteiger partial charge in [0.15, 0.2) is 0 Å². The maximum atomic E-state index is 13.4. The summed E-state index contributed by atoms with van der Waals surface area (Å²) in [5.74, 6) is -0.430. The lowest BCUT2D eigenvalue weighted by Gasteiger charge is -2.20. The van der Waals surface area contributed by atoms with E-state index in [1.165, 1.54) is 6.07 Å². The molecule has 0 bridgehead atoms. The highest BCUT2D eigenvalue weighted by molar-refractivity contribution is 7.89. The van der Waals surface area contributed by atoms with Crippen LogP contribution in [0.25, 0.3) is 0 Å². The molecule has 0 aliphatic carbocycles. The quantitative estimate of drug-likeness (QED) is 0.501. The maximum absolute atomic E-state index is 13.4. The molecule has 8 heteroatoms. The second-order valence-corrected chi connectivity index (χ2v) is 10.3. The highest BCUT2D eigenvalue weighted by Crippen LogP contribution is 2.30. The molecule has 1 heterocycles. The highest BCUT2D eigenvalue weighted by Gasteiger charge is 2.29. The number of anilines is 2. The van der Waals surface area contributed by atoms with Crippen LogP contribution in [0.5, 0.6) is 0 Å². The molecule has 0 aromatic heterocycles. The summed E-state index contributed by atoms with van der Waals surface area (Å²) in [6.07, 6.45) is 1.17. The smallest absolute Gasteiger partial charge is 0.242 e. The van der Waals surface area contributed by atoms with Gasteiger partial charge in [0.05, 0.1) is 4.90 Å². The van der Waals surface area contributed by atoms with Crippen molar-refractivity contribution in [2.45, 2.75) is 44.0 Å². The van der Waals surface area contributed by atoms with Crippen LogP contribution in [0.1, 0.15) is 30.0 Å². The van der Waals surface area contributed by atoms with Crippen molar-refractivity contribution in [1.82, 2.24) is 4.72 Å². The Kier molecular flexibility index (Phi) is 7.33. The zero-order valence-electron chi connectivity index (χ0n) is 19.8. The largest absolute Gasteiger partial charge is 0.324 e. The number of carbonyl (C=O) groups excluding carboxylic acids is 2. The number of aryl methyl sites for hydroxylation is 1. The molecule has 2 N–H and O–H groups in total. The summed E-state index contributed by atoms with van der Waals surface area (Å²) in [6, 6.07) is 20.4. The monoisotopic (exact) mass is 491 g/mol. The molecule has 4 rings (SSSR count). The van der Waals surface area contributed by atoms with E-state index >= 15 is 0 Å². The number of carbonyl (C=O) groups is 2. The van der Waals surface area contributed by atoms with Crippen LogP contribution in [0.3, 0.4) is 0 Å². The summed E-state index contributed by atoms with van der Waals surface area (Å²) in [7, 11) is -4.01. The number of nitrogens with zero attached hydrogens (tertiary/aromatic N) is 1. The molecule has 0 radical (unpaired) electrons. The Hall–Kier alpha value is -3.49. The van der Waals surface area contributed by atoms with Crippen LogP contribution in [0.4, 0.5) is 11.4 Å². The van der Waals surface area contributed by atoms with Crippen molar-refractivity contribution in [3.05, 3.63) is 89.5 Å². The van der Waals surface area contributed by atoms with Gasteiger partial charge >= 0.3 is 0 Å². The second kappa shape index (κ2) is 10.4. The number of sulfonamides is 1. The average molecular weight is 492 g/mol. The number of nitrogens with one attached hydrogen (secondary N) is 2. The summed E-state index contributed by atoms with van der Waals surface area (Å²) >= 11 is 0. The first kappa shape index (κ1) is 24.6. The Morgan fingerprint density at radius 2 is 1.71 bits per heavy atom. The van der Waals surface area contributed by atoms with Crippen LogP contribution in [0.15, 0.2) is 77.7 Å². The van der Waals surface area contributed by atoms with Crippen molar-refractivity contribution < 1.29 is 18.0 Å². The lowest BCUT2D eigenvalue weighted by Crippen LogP contribution is -2.45. The van der Waals surface area contributed by atoms with Crippen LogP contribution in [0, 0.1) is 6.92 Å². The fraction of sp³-hybridized carbons (Fsp3) is 0.259. The van der Waals surface area contributed by atoms with Gasteiger partial charge in [0.2, 0.25) is 21.8 Å². The first-order valence-corrected chi connectivity index (χ1v) is 13.1. The van der Waals surface area contributed by atoms with E-state index in [9.17, 15) is 18.0 Å². The van der Waals surface area contributed by atoms with Crippen molar-refractivity contribution in [3.8, 4) is 0 Å². The molecule has 0 spiro atoms. The van der Waals surface area contributed by atoms with E-state index in [2.05, 4.69) is 10.0 Å². The molecule has 1 aliphatic rings. The van der Waals surface area contributed by atoms with Crippen molar-refractivity contribution in [1.29, 1.82) is 0 Å². The van der Waals surface area contributed by atoms with Crippen LogP contribution < -0.4 is 14.9 Å². The molecule has 1 aliphatic heterocycles. The lowest BCUT2D eigenvalue weighted by atomic mass is 10.1. The predicted molar refractivity (Wildman–Crippen MR) is 137 cm³/mol. The van der Waals surface area contributed by atoms with Crippen molar-refractivity contribution in [2.75, 3.05) is 16.8 Å². The number of benzene rings is 3. The highest BCUT2D eigenvalue weighted by atomic mass is 32.2. The summed E-state index contributed by atoms with van der Waals surface area (Å²) < 4.78 is 29.3. The molecule has 35 heavy (non-hydrogen) atoms. The Morgan fingerprint density at radius 3 is 2.43 bits per heavy atom. The number of fused-ring (bicyclic) bond motifs is 1. The Morgan fingerprint density at radius 1 is 1.00 bits per heavy atom. The molecule has 2 amide bonds. The number of hydrogen-bond donors (Lipinski definition) is 2. The van der Waals surface area contributed by atoms with Gasteiger partial charge in [-0.05, 0) is 60.7 Å². The fourth-order valence-corrected chi connectivity index (χ4v) is 5.47. The van der Waals surface area contributed by atoms with Gasteiger partial charge in [-0.1, -0.05) is 55.5 Å². The minimum absolute atomic E-state index is 0.00767. The Bertz CT molecular complexity index is 1340. The van der Waals surface area contributed by atoms with Crippen LogP contribution >= 0.6 is 0 Å². The number of rotatable bonds is 8. The predicted octanol–water partition coefficient (Wildman–Crippen LogP) is 3.82. The van der Waals surface area contributed by atoms with Gasteiger partial charge in [0, 0.05) is 24.3 Å². The van der Waals surface area contributed by atoms with E-state index in [0.29, 0.717) is 25.1 Å². The average Bonchev–Trinajstić information content (AvgIpc) is 3.28. The minimum atomic E-state index is -4.01. The first-order chi connectivity index (χ1) is 16.8. The zero-order valence-corrected chi connectivity index (χ0v) is 20.6. The van der Waals surface area contributed by atoms with E-state index in [4.69, 9.17) is 0 Å². The molecule has 182 valence electrons. The standard InChI is InChI=1S/C27H29N3O4S/c1-3-26(31)30-16-15-21-18-22(13-14-25(21)30)35(33,34)29-24(17-20-10-5-4-6-11-20)27(32)28-23-12-8-7-9-19(23)2/h4-14,18,24,29H,3,15-17H2,1-2H3,(H,28,32)/t24-/m0/s1. The molecular weight excluding hydrogens is 462 g/mol. The molecule has 3 aromatic rings. The van der Waals surface area contributed by atoms with Gasteiger partial charge in [0.1, 0.15) is 6.04 Å². The molecule has 3 aromatic carbocycles. The molecule has 0 saturated carbocycles. The summed E-state index contributed by atoms with van der Waals surface area (Å²) in [6.45, 7) is 4.22. The van der Waals surface area contributed by atoms with Gasteiger partial charge in [-0.3, -0.25) is 9.59 Å². The number of amides is 2. The van der Waals surface area contributed by atoms with E-state index in [1.807, 2.05) is 55.5 Å². The minimum Gasteiger partial charge on any atom is -0.324 e. The van der Waals surface area contributed by atoms with Gasteiger partial charge in [-0.15, -0.1) is 0 Å². The van der Waals surface area contributed by atoms with Gasteiger partial charge in [-0.2, -0.15) is 4.72 Å². The van der Waals surface area contributed by atoms with E-state index in [1.54, 1.807) is 30.0 Å². The zero-order chi connectivity index (χ0) is 25.0. The third-order valence-electron chi connectivity index (χ3n) is 6.16. The van der Waals surface area contributed by atoms with Crippen molar-refractivity contribution in [2.24, 2.45) is 0 Å². The van der Waals surface area contributed by atoms with E-state index in [-0.39, 0.29) is 17.2 Å². The normalized spacial score (nSPS) is 13.8. The van der Waals surface area contributed by atoms with Crippen LogP contribution in [-0.4, -0.2) is 32.8 Å². The fourth-order valence-electron chi connectivity index (χ4n) is 4.22. The molecule has 7 nitrogen and oxygen atoms in total. The van der Waals surface area contributed by atoms with E-state index < -0.39 is 22.0 Å². The third kappa shape index (κ3) is 5.61. The van der Waals surface area contributed by atoms with Gasteiger partial charge < -0.3 is 10.2 Å². The third-order valence-corrected chi connectivity index (χ3v) is 7.63. The van der Waals surface area contributed by atoms with Crippen molar-refractivity contribution in [3.63, 3.8) is 0 Å². The maximum Gasteiger partial charge on any atom is 0.242 e. The number of hydrogen-bond acceptors (Lipinski definition) is 4. The Labute approximate surface area is 206 Å².